The van der Waals surface area contributed by atoms with Crippen LogP contribution >= 0.6 is 20.0 Å². The number of benzene rings is 1. The third kappa shape index (κ3) is 5.39. The molecule has 0 radical (unpaired) electrons. The molecular formula is C13H19PS. The Balaban J connectivity index is 2.25. The molecule has 1 atom stereocenters. The summed E-state index contributed by atoms with van der Waals surface area (Å²) < 4.78 is 0. The molecule has 0 saturated heterocycles. The molecule has 0 aliphatic rings. The van der Waals surface area contributed by atoms with Gasteiger partial charge in [-0.1, -0.05) is 36.4 Å². The first-order chi connectivity index (χ1) is 7.36. The third-order valence-corrected chi connectivity index (χ3v) is 3.77. The van der Waals surface area contributed by atoms with Crippen molar-refractivity contribution in [2.45, 2.75) is 32.6 Å². The number of rotatable bonds is 6. The van der Waals surface area contributed by atoms with Crippen LogP contribution in [0.1, 0.15) is 31.7 Å². The van der Waals surface area contributed by atoms with Gasteiger partial charge in [-0.3, -0.25) is 0 Å². The fraction of sp³-hybridized carbons (Fsp3) is 0.385. The van der Waals surface area contributed by atoms with Gasteiger partial charge in [0.1, 0.15) is 0 Å². The minimum absolute atomic E-state index is 0.614. The number of hydrogen-bond donors (Lipinski definition) is 1. The zero-order valence-electron chi connectivity index (χ0n) is 9.24. The number of hydrogen-bond acceptors (Lipinski definition) is 1. The highest BCUT2D eigenvalue weighted by atomic mass is 32.7. The van der Waals surface area contributed by atoms with Crippen LogP contribution < -0.4 is 5.30 Å². The summed E-state index contributed by atoms with van der Waals surface area (Å²) in [4.78, 5) is 0. The van der Waals surface area contributed by atoms with Crippen molar-refractivity contribution < 1.29 is 0 Å². The van der Waals surface area contributed by atoms with Crippen molar-refractivity contribution in [2.24, 2.45) is 0 Å². The molecule has 15 heavy (non-hydrogen) atoms. The summed E-state index contributed by atoms with van der Waals surface area (Å²) in [6.45, 7) is 2.08. The largest absolute Gasteiger partial charge is 0.150 e. The Labute approximate surface area is 100 Å². The molecule has 0 heterocycles. The van der Waals surface area contributed by atoms with E-state index in [0.29, 0.717) is 7.78 Å². The second-order valence-corrected chi connectivity index (χ2v) is 5.10. The van der Waals surface area contributed by atoms with E-state index in [1.54, 1.807) is 0 Å². The molecule has 0 aliphatic carbocycles. The van der Waals surface area contributed by atoms with Crippen molar-refractivity contribution in [1.29, 1.82) is 0 Å². The lowest BCUT2D eigenvalue weighted by atomic mass is 10.1. The topological polar surface area (TPSA) is 0 Å². The first kappa shape index (κ1) is 12.8. The maximum Gasteiger partial charge on any atom is -0.0169 e. The summed E-state index contributed by atoms with van der Waals surface area (Å²) in [5.74, 6) is 0. The smallest absolute Gasteiger partial charge is 0.0169 e. The lowest BCUT2D eigenvalue weighted by Gasteiger charge is -2.01. The minimum atomic E-state index is 0.614. The van der Waals surface area contributed by atoms with Crippen molar-refractivity contribution in [2.75, 3.05) is 0 Å². The zero-order chi connectivity index (χ0) is 10.9. The van der Waals surface area contributed by atoms with Crippen molar-refractivity contribution >= 4 is 25.3 Å². The van der Waals surface area contributed by atoms with Gasteiger partial charge in [-0.2, -0.15) is 0 Å². The molecule has 0 bridgehead atoms. The summed E-state index contributed by atoms with van der Waals surface area (Å²) in [6, 6.07) is 8.84. The van der Waals surface area contributed by atoms with E-state index in [9.17, 15) is 0 Å². The molecule has 1 aromatic rings. The fourth-order valence-electron chi connectivity index (χ4n) is 1.50. The lowest BCUT2D eigenvalue weighted by molar-refractivity contribution is 0.747. The van der Waals surface area contributed by atoms with Gasteiger partial charge in [-0.05, 0) is 51.3 Å². The van der Waals surface area contributed by atoms with Crippen LogP contribution in [0.3, 0.4) is 0 Å². The lowest BCUT2D eigenvalue weighted by Crippen LogP contribution is -1.92. The van der Waals surface area contributed by atoms with Crippen LogP contribution in [0, 0.1) is 0 Å². The molecule has 1 unspecified atom stereocenters. The Morgan fingerprint density at radius 1 is 1.20 bits per heavy atom. The van der Waals surface area contributed by atoms with E-state index in [1.165, 1.54) is 36.6 Å². The SMILES string of the molecule is C/C=C\CCCCc1ccc(PS)cc1. The maximum absolute atomic E-state index is 4.27. The van der Waals surface area contributed by atoms with Crippen molar-refractivity contribution in [3.8, 4) is 0 Å². The van der Waals surface area contributed by atoms with E-state index in [2.05, 4.69) is 55.6 Å². The average Bonchev–Trinajstić information content (AvgIpc) is 2.30. The number of allylic oxidation sites excluding steroid dienone is 2. The molecule has 0 amide bonds. The van der Waals surface area contributed by atoms with Crippen LogP contribution in [0.25, 0.3) is 0 Å². The van der Waals surface area contributed by atoms with Crippen LogP contribution in [-0.4, -0.2) is 0 Å². The van der Waals surface area contributed by atoms with Crippen molar-refractivity contribution in [3.05, 3.63) is 42.0 Å². The molecule has 0 fully saturated rings. The Hall–Kier alpha value is -0.260. The quantitative estimate of drug-likeness (QED) is 0.328. The molecule has 0 N–H and O–H groups in total. The van der Waals surface area contributed by atoms with E-state index >= 15 is 0 Å². The monoisotopic (exact) mass is 238 g/mol. The first-order valence-corrected chi connectivity index (χ1v) is 7.76. The molecular weight excluding hydrogens is 219 g/mol. The predicted molar refractivity (Wildman–Crippen MR) is 75.7 cm³/mol. The van der Waals surface area contributed by atoms with Gasteiger partial charge in [-0.25, -0.2) is 0 Å². The molecule has 82 valence electrons. The highest BCUT2D eigenvalue weighted by Crippen LogP contribution is 2.15. The van der Waals surface area contributed by atoms with Gasteiger partial charge in [-0.15, -0.1) is 12.2 Å². The van der Waals surface area contributed by atoms with Gasteiger partial charge < -0.3 is 0 Å². The normalized spacial score (nSPS) is 11.9. The van der Waals surface area contributed by atoms with Crippen LogP contribution in [0.2, 0.25) is 0 Å². The molecule has 0 aliphatic heterocycles. The summed E-state index contributed by atoms with van der Waals surface area (Å²) in [7, 11) is 0.614. The van der Waals surface area contributed by atoms with E-state index in [1.807, 2.05) is 0 Å². The number of unbranched alkanes of at least 4 members (excludes halogenated alkanes) is 2. The summed E-state index contributed by atoms with van der Waals surface area (Å²) in [5.41, 5.74) is 1.45. The highest BCUT2D eigenvalue weighted by Gasteiger charge is 1.93. The number of thiol groups is 1. The zero-order valence-corrected chi connectivity index (χ0v) is 11.1. The molecule has 1 rings (SSSR count). The third-order valence-electron chi connectivity index (χ3n) is 2.40. The first-order valence-electron chi connectivity index (χ1n) is 5.47. The Morgan fingerprint density at radius 3 is 2.53 bits per heavy atom. The van der Waals surface area contributed by atoms with Crippen LogP contribution in [0.5, 0.6) is 0 Å². The Kier molecular flexibility index (Phi) is 6.80. The van der Waals surface area contributed by atoms with E-state index < -0.39 is 0 Å². The summed E-state index contributed by atoms with van der Waals surface area (Å²) in [5, 5.41) is 1.33. The Morgan fingerprint density at radius 2 is 1.93 bits per heavy atom. The van der Waals surface area contributed by atoms with E-state index in [-0.39, 0.29) is 0 Å². The Bertz CT molecular complexity index is 290. The molecule has 0 spiro atoms. The molecule has 0 aromatic heterocycles. The van der Waals surface area contributed by atoms with Gasteiger partial charge in [0.2, 0.25) is 0 Å². The van der Waals surface area contributed by atoms with Crippen LogP contribution in [0.4, 0.5) is 0 Å². The predicted octanol–water partition coefficient (Wildman–Crippen LogP) is 4.12. The summed E-state index contributed by atoms with van der Waals surface area (Å²) >= 11 is 4.27. The summed E-state index contributed by atoms with van der Waals surface area (Å²) in [6.07, 6.45) is 9.36. The molecule has 1 aromatic carbocycles. The van der Waals surface area contributed by atoms with Gasteiger partial charge in [0, 0.05) is 0 Å². The molecule has 0 saturated carbocycles. The fourth-order valence-corrected chi connectivity index (χ4v) is 2.27. The second kappa shape index (κ2) is 7.96. The average molecular weight is 238 g/mol. The highest BCUT2D eigenvalue weighted by molar-refractivity contribution is 8.40. The minimum Gasteiger partial charge on any atom is -0.150 e. The van der Waals surface area contributed by atoms with Gasteiger partial charge >= 0.3 is 0 Å². The standard InChI is InChI=1S/C13H19PS/c1-2-3-4-5-6-7-12-8-10-13(14-15)11-9-12/h2-3,8-11,14-15H,4-7H2,1H3/b3-2-. The maximum atomic E-state index is 4.27. The second-order valence-electron chi connectivity index (χ2n) is 3.62. The van der Waals surface area contributed by atoms with Crippen LogP contribution in [0.15, 0.2) is 36.4 Å². The van der Waals surface area contributed by atoms with Crippen molar-refractivity contribution in [3.63, 3.8) is 0 Å². The van der Waals surface area contributed by atoms with Gasteiger partial charge in [0.25, 0.3) is 0 Å². The molecule has 0 nitrogen and oxygen atoms in total. The van der Waals surface area contributed by atoms with E-state index in [0.717, 1.165) is 0 Å². The van der Waals surface area contributed by atoms with Gasteiger partial charge in [0.05, 0.1) is 0 Å². The van der Waals surface area contributed by atoms with E-state index in [4.69, 9.17) is 0 Å². The van der Waals surface area contributed by atoms with Crippen LogP contribution in [-0.2, 0) is 6.42 Å². The van der Waals surface area contributed by atoms with Gasteiger partial charge in [0.15, 0.2) is 0 Å². The number of aryl methyl sites for hydroxylation is 1. The van der Waals surface area contributed by atoms with Crippen molar-refractivity contribution in [1.82, 2.24) is 0 Å². The molecule has 2 heteroatoms.